The Morgan fingerprint density at radius 1 is 1.38 bits per heavy atom. The van der Waals surface area contributed by atoms with Gasteiger partial charge in [-0.2, -0.15) is 0 Å². The Morgan fingerprint density at radius 3 is 2.81 bits per heavy atom. The molecule has 0 amide bonds. The quantitative estimate of drug-likeness (QED) is 0.905. The van der Waals surface area contributed by atoms with Crippen molar-refractivity contribution < 1.29 is 14.6 Å². The smallest absolute Gasteiger partial charge is 0.320 e. The van der Waals surface area contributed by atoms with E-state index in [-0.39, 0.29) is 6.04 Å². The molecule has 0 radical (unpaired) electrons. The maximum atomic E-state index is 11.4. The Morgan fingerprint density at radius 2 is 2.14 bits per heavy atom. The monoisotopic (exact) mass is 291 g/mol. The summed E-state index contributed by atoms with van der Waals surface area (Å²) in [6, 6.07) is 3.82. The molecular formula is C17H25NO3. The molecule has 4 nitrogen and oxygen atoms in total. The molecule has 1 heterocycles. The lowest BCUT2D eigenvalue weighted by Gasteiger charge is -2.33. The molecule has 0 saturated carbocycles. The fraction of sp³-hybridized carbons (Fsp3) is 0.588. The summed E-state index contributed by atoms with van der Waals surface area (Å²) in [5.74, 6) is 0.183. The second-order valence-corrected chi connectivity index (χ2v) is 5.81. The third-order valence-electron chi connectivity index (χ3n) is 4.14. The molecule has 0 aromatic heterocycles. The number of aliphatic carboxylic acids is 1. The van der Waals surface area contributed by atoms with Gasteiger partial charge in [0.25, 0.3) is 0 Å². The fourth-order valence-electron chi connectivity index (χ4n) is 3.11. The van der Waals surface area contributed by atoms with Crippen molar-refractivity contribution in [2.75, 3.05) is 13.2 Å². The lowest BCUT2D eigenvalue weighted by molar-refractivity contribution is -0.144. The summed E-state index contributed by atoms with van der Waals surface area (Å²) in [6.07, 6.45) is 2.81. The molecule has 116 valence electrons. The van der Waals surface area contributed by atoms with Crippen molar-refractivity contribution in [3.8, 4) is 5.75 Å². The van der Waals surface area contributed by atoms with Crippen molar-refractivity contribution in [1.82, 2.24) is 4.90 Å². The summed E-state index contributed by atoms with van der Waals surface area (Å²) in [5.41, 5.74) is 3.47. The van der Waals surface area contributed by atoms with Crippen molar-refractivity contribution >= 4 is 5.97 Å². The zero-order chi connectivity index (χ0) is 15.4. The number of ether oxygens (including phenoxy) is 1. The molecule has 1 aliphatic heterocycles. The number of nitrogens with zero attached hydrogens (tertiary/aromatic N) is 1. The highest BCUT2D eigenvalue weighted by Crippen LogP contribution is 2.28. The van der Waals surface area contributed by atoms with Gasteiger partial charge in [-0.05, 0) is 57.4 Å². The Bertz CT molecular complexity index is 513. The third-order valence-corrected chi connectivity index (χ3v) is 4.14. The van der Waals surface area contributed by atoms with Crippen LogP contribution < -0.4 is 4.74 Å². The topological polar surface area (TPSA) is 49.8 Å². The number of rotatable bonds is 5. The molecule has 1 aromatic carbocycles. The van der Waals surface area contributed by atoms with E-state index in [0.717, 1.165) is 37.1 Å². The highest BCUT2D eigenvalue weighted by atomic mass is 16.5. The van der Waals surface area contributed by atoms with Crippen LogP contribution in [-0.2, 0) is 11.3 Å². The van der Waals surface area contributed by atoms with Crippen LogP contribution >= 0.6 is 0 Å². The summed E-state index contributed by atoms with van der Waals surface area (Å²) in [4.78, 5) is 13.5. The van der Waals surface area contributed by atoms with Crippen molar-refractivity contribution in [2.24, 2.45) is 0 Å². The van der Waals surface area contributed by atoms with Gasteiger partial charge in [-0.3, -0.25) is 9.69 Å². The molecular weight excluding hydrogens is 266 g/mol. The van der Waals surface area contributed by atoms with Crippen LogP contribution in [0.25, 0.3) is 0 Å². The standard InChI is InChI=1S/C17H25NO3/c1-4-21-16-10-12(2)9-13(3)14(16)11-18-8-6-5-7-15(18)17(19)20/h9-10,15H,4-8,11H2,1-3H3,(H,19,20). The van der Waals surface area contributed by atoms with Crippen molar-refractivity contribution in [3.05, 3.63) is 28.8 Å². The first-order valence-corrected chi connectivity index (χ1v) is 7.72. The van der Waals surface area contributed by atoms with Crippen molar-refractivity contribution in [2.45, 2.75) is 52.6 Å². The molecule has 0 bridgehead atoms. The molecule has 1 fully saturated rings. The maximum absolute atomic E-state index is 11.4. The third kappa shape index (κ3) is 3.76. The first kappa shape index (κ1) is 15.8. The van der Waals surface area contributed by atoms with Crippen LogP contribution in [0.4, 0.5) is 0 Å². The molecule has 1 aliphatic rings. The minimum absolute atomic E-state index is 0.367. The molecule has 4 heteroatoms. The second kappa shape index (κ2) is 6.94. The molecule has 2 rings (SSSR count). The highest BCUT2D eigenvalue weighted by molar-refractivity contribution is 5.73. The molecule has 1 atom stereocenters. The second-order valence-electron chi connectivity index (χ2n) is 5.81. The summed E-state index contributed by atoms with van der Waals surface area (Å²) >= 11 is 0. The zero-order valence-corrected chi connectivity index (χ0v) is 13.2. The highest BCUT2D eigenvalue weighted by Gasteiger charge is 2.29. The molecule has 1 aromatic rings. The van der Waals surface area contributed by atoms with Gasteiger partial charge < -0.3 is 9.84 Å². The molecule has 1 N–H and O–H groups in total. The average Bonchev–Trinajstić information content (AvgIpc) is 2.43. The summed E-state index contributed by atoms with van der Waals surface area (Å²) < 4.78 is 5.76. The SMILES string of the molecule is CCOc1cc(C)cc(C)c1CN1CCCCC1C(=O)O. The van der Waals surface area contributed by atoms with E-state index in [1.807, 2.05) is 13.0 Å². The van der Waals surface area contributed by atoms with Crippen LogP contribution in [0.3, 0.4) is 0 Å². The number of carboxylic acids is 1. The molecule has 0 aliphatic carbocycles. The van der Waals surface area contributed by atoms with Crippen LogP contribution in [0, 0.1) is 13.8 Å². The van der Waals surface area contributed by atoms with E-state index in [9.17, 15) is 9.90 Å². The van der Waals surface area contributed by atoms with Gasteiger partial charge in [0.05, 0.1) is 6.61 Å². The van der Waals surface area contributed by atoms with Gasteiger partial charge in [-0.25, -0.2) is 0 Å². The summed E-state index contributed by atoms with van der Waals surface area (Å²) in [7, 11) is 0. The minimum atomic E-state index is -0.711. The van der Waals surface area contributed by atoms with Gasteiger partial charge in [-0.1, -0.05) is 12.5 Å². The minimum Gasteiger partial charge on any atom is -0.494 e. The Balaban J connectivity index is 2.26. The number of aryl methyl sites for hydroxylation is 2. The predicted octanol–water partition coefficient (Wildman–Crippen LogP) is 3.14. The largest absolute Gasteiger partial charge is 0.494 e. The lowest BCUT2D eigenvalue weighted by Crippen LogP contribution is -2.44. The van der Waals surface area contributed by atoms with Crippen LogP contribution in [0.15, 0.2) is 12.1 Å². The van der Waals surface area contributed by atoms with Gasteiger partial charge in [-0.15, -0.1) is 0 Å². The average molecular weight is 291 g/mol. The van der Waals surface area contributed by atoms with E-state index < -0.39 is 5.97 Å². The van der Waals surface area contributed by atoms with Crippen LogP contribution in [0.5, 0.6) is 5.75 Å². The first-order valence-electron chi connectivity index (χ1n) is 7.72. The van der Waals surface area contributed by atoms with E-state index >= 15 is 0 Å². The number of likely N-dealkylation sites (tertiary alicyclic amines) is 1. The van der Waals surface area contributed by atoms with Crippen molar-refractivity contribution in [3.63, 3.8) is 0 Å². The molecule has 21 heavy (non-hydrogen) atoms. The molecule has 1 saturated heterocycles. The van der Waals surface area contributed by atoms with Gasteiger partial charge in [0.15, 0.2) is 0 Å². The number of carboxylic acid groups (broad SMARTS) is 1. The predicted molar refractivity (Wildman–Crippen MR) is 82.8 cm³/mol. The van der Waals surface area contributed by atoms with E-state index in [4.69, 9.17) is 4.74 Å². The number of piperidine rings is 1. The molecule has 1 unspecified atom stereocenters. The zero-order valence-electron chi connectivity index (χ0n) is 13.2. The fourth-order valence-corrected chi connectivity index (χ4v) is 3.11. The molecule has 0 spiro atoms. The van der Waals surface area contributed by atoms with Gasteiger partial charge in [0.2, 0.25) is 0 Å². The van der Waals surface area contributed by atoms with E-state index in [1.165, 1.54) is 11.1 Å². The maximum Gasteiger partial charge on any atom is 0.320 e. The number of hydrogen-bond donors (Lipinski definition) is 1. The number of carbonyl (C=O) groups is 1. The Hall–Kier alpha value is -1.55. The van der Waals surface area contributed by atoms with Gasteiger partial charge in [0, 0.05) is 12.1 Å². The summed E-state index contributed by atoms with van der Waals surface area (Å²) in [6.45, 7) is 8.22. The Labute approximate surface area is 126 Å². The van der Waals surface area contributed by atoms with Crippen molar-refractivity contribution in [1.29, 1.82) is 0 Å². The van der Waals surface area contributed by atoms with Gasteiger partial charge in [0.1, 0.15) is 11.8 Å². The van der Waals surface area contributed by atoms with E-state index in [2.05, 4.69) is 24.8 Å². The van der Waals surface area contributed by atoms with E-state index in [0.29, 0.717) is 13.2 Å². The van der Waals surface area contributed by atoms with Crippen LogP contribution in [0.1, 0.15) is 42.9 Å². The first-order chi connectivity index (χ1) is 10.0. The van der Waals surface area contributed by atoms with Crippen LogP contribution in [0.2, 0.25) is 0 Å². The summed E-state index contributed by atoms with van der Waals surface area (Å²) in [5, 5.41) is 9.40. The number of benzene rings is 1. The van der Waals surface area contributed by atoms with E-state index in [1.54, 1.807) is 0 Å². The van der Waals surface area contributed by atoms with Crippen LogP contribution in [-0.4, -0.2) is 35.2 Å². The van der Waals surface area contributed by atoms with Gasteiger partial charge >= 0.3 is 5.97 Å². The normalized spacial score (nSPS) is 19.5. The Kier molecular flexibility index (Phi) is 5.23. The number of hydrogen-bond acceptors (Lipinski definition) is 3. The lowest BCUT2D eigenvalue weighted by atomic mass is 9.98.